The number of nitrogens with zero attached hydrogens (tertiary/aromatic N) is 1. The quantitative estimate of drug-likeness (QED) is 0.221. The number of amides is 1. The van der Waals surface area contributed by atoms with Gasteiger partial charge in [0.1, 0.15) is 28.8 Å². The molecule has 1 saturated heterocycles. The predicted molar refractivity (Wildman–Crippen MR) is 145 cm³/mol. The van der Waals surface area contributed by atoms with E-state index in [0.717, 1.165) is 0 Å². The van der Waals surface area contributed by atoms with E-state index in [1.54, 1.807) is 48.5 Å². The van der Waals surface area contributed by atoms with E-state index in [0.29, 0.717) is 22.7 Å². The Morgan fingerprint density at radius 2 is 1.58 bits per heavy atom. The van der Waals surface area contributed by atoms with E-state index in [2.05, 4.69) is 0 Å². The van der Waals surface area contributed by atoms with Gasteiger partial charge in [-0.1, -0.05) is 23.7 Å². The summed E-state index contributed by atoms with van der Waals surface area (Å²) in [5.41, 5.74) is 1.06. The highest BCUT2D eigenvalue weighted by molar-refractivity contribution is 6.51. The van der Waals surface area contributed by atoms with Gasteiger partial charge in [0, 0.05) is 11.8 Å². The van der Waals surface area contributed by atoms with Gasteiger partial charge < -0.3 is 24.1 Å². The third-order valence-electron chi connectivity index (χ3n) is 6.07. The third kappa shape index (κ3) is 4.99. The molecule has 0 spiro atoms. The van der Waals surface area contributed by atoms with E-state index in [4.69, 9.17) is 30.5 Å². The molecule has 1 amide bonds. The van der Waals surface area contributed by atoms with Crippen molar-refractivity contribution in [3.05, 3.63) is 82.4 Å². The number of methoxy groups -OCH3 is 3. The molecule has 8 nitrogen and oxygen atoms in total. The van der Waals surface area contributed by atoms with Crippen LogP contribution in [0.15, 0.2) is 66.2 Å². The maximum atomic E-state index is 13.5. The Labute approximate surface area is 225 Å². The first-order valence-electron chi connectivity index (χ1n) is 11.8. The molecule has 1 aliphatic rings. The van der Waals surface area contributed by atoms with Crippen molar-refractivity contribution in [1.82, 2.24) is 0 Å². The molecule has 1 unspecified atom stereocenters. The van der Waals surface area contributed by atoms with E-state index in [-0.39, 0.29) is 33.8 Å². The SMILES string of the molecule is COc1ccc(N2C(=O)C(=O)/C(=C(/O)c3cc(OC)c(Cl)cc3OC)C2c2cccc(OC(C)C)c2)cc1. The Balaban J connectivity index is 1.98. The number of hydrogen-bond donors (Lipinski definition) is 1. The molecule has 0 radical (unpaired) electrons. The summed E-state index contributed by atoms with van der Waals surface area (Å²) in [5, 5.41) is 11.8. The minimum Gasteiger partial charge on any atom is -0.507 e. The maximum Gasteiger partial charge on any atom is 0.300 e. The van der Waals surface area contributed by atoms with Crippen LogP contribution in [0.3, 0.4) is 0 Å². The number of carbonyl (C=O) groups excluding carboxylic acids is 2. The van der Waals surface area contributed by atoms with Gasteiger partial charge in [0.15, 0.2) is 0 Å². The topological polar surface area (TPSA) is 94.5 Å². The van der Waals surface area contributed by atoms with E-state index >= 15 is 0 Å². The molecule has 0 bridgehead atoms. The zero-order valence-corrected chi connectivity index (χ0v) is 22.4. The normalized spacial score (nSPS) is 16.6. The Kier molecular flexibility index (Phi) is 7.83. The Morgan fingerprint density at radius 3 is 2.18 bits per heavy atom. The van der Waals surface area contributed by atoms with Gasteiger partial charge in [-0.3, -0.25) is 14.5 Å². The lowest BCUT2D eigenvalue weighted by Crippen LogP contribution is -2.29. The summed E-state index contributed by atoms with van der Waals surface area (Å²) in [6.07, 6.45) is -0.0935. The molecule has 1 atom stereocenters. The van der Waals surface area contributed by atoms with Crippen LogP contribution < -0.4 is 23.8 Å². The van der Waals surface area contributed by atoms with Gasteiger partial charge in [0.2, 0.25) is 0 Å². The molecule has 1 aliphatic heterocycles. The average Bonchev–Trinajstić information content (AvgIpc) is 3.18. The molecule has 1 N–H and O–H groups in total. The summed E-state index contributed by atoms with van der Waals surface area (Å²) in [6.45, 7) is 3.80. The molecular formula is C29H28ClNO7. The van der Waals surface area contributed by atoms with Crippen LogP contribution in [0.2, 0.25) is 5.02 Å². The van der Waals surface area contributed by atoms with Crippen molar-refractivity contribution in [2.24, 2.45) is 0 Å². The minimum absolute atomic E-state index is 0.0935. The monoisotopic (exact) mass is 537 g/mol. The Morgan fingerprint density at radius 1 is 0.895 bits per heavy atom. The molecular weight excluding hydrogens is 510 g/mol. The molecule has 38 heavy (non-hydrogen) atoms. The lowest BCUT2D eigenvalue weighted by Gasteiger charge is -2.26. The minimum atomic E-state index is -0.967. The highest BCUT2D eigenvalue weighted by Crippen LogP contribution is 2.45. The van der Waals surface area contributed by atoms with Crippen molar-refractivity contribution in [2.45, 2.75) is 26.0 Å². The second-order valence-electron chi connectivity index (χ2n) is 8.79. The summed E-state index contributed by atoms with van der Waals surface area (Å²) < 4.78 is 21.9. The maximum absolute atomic E-state index is 13.5. The first-order valence-corrected chi connectivity index (χ1v) is 12.2. The van der Waals surface area contributed by atoms with Gasteiger partial charge in [-0.25, -0.2) is 0 Å². The molecule has 0 aliphatic carbocycles. The van der Waals surface area contributed by atoms with Crippen LogP contribution in [0.25, 0.3) is 5.76 Å². The summed E-state index contributed by atoms with van der Waals surface area (Å²) >= 11 is 6.25. The fraction of sp³-hybridized carbons (Fsp3) is 0.241. The Hall–Kier alpha value is -4.17. The van der Waals surface area contributed by atoms with Crippen LogP contribution in [0.5, 0.6) is 23.0 Å². The number of carbonyl (C=O) groups is 2. The summed E-state index contributed by atoms with van der Waals surface area (Å²) in [5.74, 6) is -0.449. The van der Waals surface area contributed by atoms with E-state index in [1.807, 2.05) is 13.8 Å². The van der Waals surface area contributed by atoms with E-state index in [1.165, 1.54) is 38.4 Å². The molecule has 3 aromatic carbocycles. The van der Waals surface area contributed by atoms with Crippen molar-refractivity contribution >= 4 is 34.7 Å². The largest absolute Gasteiger partial charge is 0.507 e. The predicted octanol–water partition coefficient (Wildman–Crippen LogP) is 5.78. The Bertz CT molecular complexity index is 1400. The number of aliphatic hydroxyl groups is 1. The lowest BCUT2D eigenvalue weighted by atomic mass is 9.94. The van der Waals surface area contributed by atoms with Gasteiger partial charge in [0.25, 0.3) is 11.7 Å². The molecule has 0 aromatic heterocycles. The standard InChI is InChI=1S/C29H28ClNO7/c1-16(2)38-20-8-6-7-17(13-20)26-25(27(32)21-14-24(37-5)22(30)15-23(21)36-4)28(33)29(34)31(26)18-9-11-19(35-3)12-10-18/h6-16,26,32H,1-5H3/b27-25+. The van der Waals surface area contributed by atoms with Gasteiger partial charge in [-0.05, 0) is 61.9 Å². The number of benzene rings is 3. The molecule has 1 heterocycles. The smallest absolute Gasteiger partial charge is 0.300 e. The number of Topliss-reactive ketones (excluding diaryl/α,β-unsaturated/α-hetero) is 1. The second-order valence-corrected chi connectivity index (χ2v) is 9.20. The number of anilines is 1. The second kappa shape index (κ2) is 11.1. The number of ether oxygens (including phenoxy) is 4. The zero-order chi connectivity index (χ0) is 27.6. The van der Waals surface area contributed by atoms with E-state index in [9.17, 15) is 14.7 Å². The molecule has 1 fully saturated rings. The lowest BCUT2D eigenvalue weighted by molar-refractivity contribution is -0.132. The van der Waals surface area contributed by atoms with Crippen molar-refractivity contribution in [2.75, 3.05) is 26.2 Å². The number of rotatable bonds is 8. The van der Waals surface area contributed by atoms with Crippen LogP contribution >= 0.6 is 11.6 Å². The van der Waals surface area contributed by atoms with Gasteiger partial charge in [-0.2, -0.15) is 0 Å². The molecule has 4 rings (SSSR count). The average molecular weight is 538 g/mol. The highest BCUT2D eigenvalue weighted by Gasteiger charge is 2.47. The van der Waals surface area contributed by atoms with Crippen LogP contribution in [0.4, 0.5) is 5.69 Å². The molecule has 198 valence electrons. The molecule has 9 heteroatoms. The molecule has 3 aromatic rings. The fourth-order valence-corrected chi connectivity index (χ4v) is 4.61. The van der Waals surface area contributed by atoms with Crippen molar-refractivity contribution in [3.8, 4) is 23.0 Å². The van der Waals surface area contributed by atoms with E-state index < -0.39 is 23.5 Å². The summed E-state index contributed by atoms with van der Waals surface area (Å²) in [4.78, 5) is 28.4. The number of ketones is 1. The molecule has 0 saturated carbocycles. The first-order chi connectivity index (χ1) is 18.2. The summed E-state index contributed by atoms with van der Waals surface area (Å²) in [7, 11) is 4.38. The van der Waals surface area contributed by atoms with Crippen LogP contribution in [0.1, 0.15) is 31.0 Å². The van der Waals surface area contributed by atoms with Gasteiger partial charge in [0.05, 0.1) is 49.6 Å². The van der Waals surface area contributed by atoms with Crippen LogP contribution in [-0.2, 0) is 9.59 Å². The number of aliphatic hydroxyl groups excluding tert-OH is 1. The van der Waals surface area contributed by atoms with Crippen molar-refractivity contribution in [1.29, 1.82) is 0 Å². The number of halogens is 1. The van der Waals surface area contributed by atoms with Gasteiger partial charge >= 0.3 is 0 Å². The summed E-state index contributed by atoms with van der Waals surface area (Å²) in [6, 6.07) is 15.8. The zero-order valence-electron chi connectivity index (χ0n) is 21.7. The van der Waals surface area contributed by atoms with Crippen molar-refractivity contribution < 1.29 is 33.6 Å². The highest BCUT2D eigenvalue weighted by atomic mass is 35.5. The first kappa shape index (κ1) is 26.9. The fourth-order valence-electron chi connectivity index (χ4n) is 4.38. The van der Waals surface area contributed by atoms with Crippen LogP contribution in [-0.4, -0.2) is 44.2 Å². The van der Waals surface area contributed by atoms with Gasteiger partial charge in [-0.15, -0.1) is 0 Å². The van der Waals surface area contributed by atoms with Crippen LogP contribution in [0, 0.1) is 0 Å². The number of hydrogen-bond acceptors (Lipinski definition) is 7. The third-order valence-corrected chi connectivity index (χ3v) is 6.37. The van der Waals surface area contributed by atoms with Crippen molar-refractivity contribution in [3.63, 3.8) is 0 Å².